The van der Waals surface area contributed by atoms with Crippen LogP contribution in [0.25, 0.3) is 22.2 Å². The first kappa shape index (κ1) is 26.1. The summed E-state index contributed by atoms with van der Waals surface area (Å²) in [7, 11) is 1.35. The second-order valence-corrected chi connectivity index (χ2v) is 8.81. The molecule has 0 bridgehead atoms. The standard InChI is InChI=1S/C27H25ClFN3O5/c1-15(19(4-3-9-28)25-30-22-13-21(29)24(37-2)14-23(22)31-25)18-6-5-16(12-20(18)27(35)36)26(34)32-10-7-17(33)8-11-32/h3-6,9,12-14,17,33H,1,7-8,10-11H2,2H3,(H,30,31)(H,35,36)/b9-3-,19-4+. The van der Waals surface area contributed by atoms with E-state index in [2.05, 4.69) is 16.5 Å². The van der Waals surface area contributed by atoms with Crippen LogP contribution < -0.4 is 4.74 Å². The number of carboxylic acids is 1. The number of H-pyrrole nitrogens is 1. The van der Waals surface area contributed by atoms with Crippen LogP contribution in [-0.4, -0.2) is 63.3 Å². The zero-order valence-electron chi connectivity index (χ0n) is 20.0. The number of hydrogen-bond donors (Lipinski definition) is 3. The van der Waals surface area contributed by atoms with Crippen molar-refractivity contribution in [3.63, 3.8) is 0 Å². The van der Waals surface area contributed by atoms with Crippen molar-refractivity contribution in [2.75, 3.05) is 20.2 Å². The predicted molar refractivity (Wildman–Crippen MR) is 139 cm³/mol. The van der Waals surface area contributed by atoms with E-state index < -0.39 is 17.9 Å². The van der Waals surface area contributed by atoms with Crippen molar-refractivity contribution in [3.8, 4) is 5.75 Å². The fourth-order valence-corrected chi connectivity index (χ4v) is 4.34. The number of likely N-dealkylation sites (tertiary alicyclic amines) is 1. The summed E-state index contributed by atoms with van der Waals surface area (Å²) >= 11 is 5.74. The Kier molecular flexibility index (Phi) is 7.75. The lowest BCUT2D eigenvalue weighted by Gasteiger charge is -2.29. The van der Waals surface area contributed by atoms with E-state index in [1.807, 2.05) is 0 Å². The van der Waals surface area contributed by atoms with Crippen LogP contribution in [-0.2, 0) is 0 Å². The summed E-state index contributed by atoms with van der Waals surface area (Å²) in [5.41, 5.74) is 3.23. The monoisotopic (exact) mass is 525 g/mol. The molecule has 1 aliphatic rings. The van der Waals surface area contributed by atoms with Crippen LogP contribution in [0.2, 0.25) is 0 Å². The number of imidazole rings is 1. The maximum Gasteiger partial charge on any atom is 0.336 e. The minimum absolute atomic E-state index is 0.0344. The maximum atomic E-state index is 14.2. The van der Waals surface area contributed by atoms with Gasteiger partial charge in [0.2, 0.25) is 0 Å². The van der Waals surface area contributed by atoms with Crippen molar-refractivity contribution in [2.45, 2.75) is 18.9 Å². The average molecular weight is 526 g/mol. The SMILES string of the molecule is C=C(/C(=C\C=C/Cl)c1nc2cc(OC)c(F)cc2[nH]1)c1ccc(C(=O)N2CCC(O)CC2)cc1C(=O)O. The molecule has 0 spiro atoms. The molecule has 1 aliphatic heterocycles. The number of amides is 1. The molecule has 2 aromatic carbocycles. The molecule has 2 heterocycles. The Balaban J connectivity index is 1.73. The summed E-state index contributed by atoms with van der Waals surface area (Å²) < 4.78 is 19.2. The molecule has 0 aliphatic carbocycles. The molecule has 1 saturated heterocycles. The van der Waals surface area contributed by atoms with Gasteiger partial charge in [0.05, 0.1) is 29.8 Å². The predicted octanol–water partition coefficient (Wildman–Crippen LogP) is 4.86. The number of carbonyl (C=O) groups is 2. The first-order chi connectivity index (χ1) is 17.7. The number of halogens is 2. The Bertz CT molecular complexity index is 1440. The number of aromatic nitrogens is 2. The number of carboxylic acid groups (broad SMARTS) is 1. The fraction of sp³-hybridized carbons (Fsp3) is 0.222. The van der Waals surface area contributed by atoms with Crippen LogP contribution in [0.3, 0.4) is 0 Å². The number of aromatic amines is 1. The molecule has 0 atom stereocenters. The number of allylic oxidation sites excluding steroid dienone is 4. The normalized spacial score (nSPS) is 14.9. The van der Waals surface area contributed by atoms with Crippen LogP contribution in [0, 0.1) is 5.82 Å². The lowest BCUT2D eigenvalue weighted by atomic mass is 9.92. The molecular weight excluding hydrogens is 501 g/mol. The van der Waals surface area contributed by atoms with E-state index in [-0.39, 0.29) is 28.3 Å². The summed E-state index contributed by atoms with van der Waals surface area (Å²) in [6.07, 6.45) is 3.64. The van der Waals surface area contributed by atoms with E-state index in [1.165, 1.54) is 43.0 Å². The highest BCUT2D eigenvalue weighted by Crippen LogP contribution is 2.33. The number of rotatable bonds is 7. The molecule has 1 aromatic heterocycles. The van der Waals surface area contributed by atoms with Crippen LogP contribution in [0.5, 0.6) is 5.75 Å². The second-order valence-electron chi connectivity index (χ2n) is 8.56. The fourth-order valence-electron chi connectivity index (χ4n) is 4.26. The van der Waals surface area contributed by atoms with E-state index in [0.29, 0.717) is 53.9 Å². The van der Waals surface area contributed by atoms with Crippen LogP contribution in [0.1, 0.15) is 44.9 Å². The van der Waals surface area contributed by atoms with Crippen LogP contribution >= 0.6 is 11.6 Å². The van der Waals surface area contributed by atoms with E-state index in [0.717, 1.165) is 0 Å². The van der Waals surface area contributed by atoms with Crippen molar-refractivity contribution >= 4 is 45.7 Å². The molecule has 1 amide bonds. The molecular formula is C27H25ClFN3O5. The molecule has 3 N–H and O–H groups in total. The van der Waals surface area contributed by atoms with Crippen molar-refractivity contribution in [1.82, 2.24) is 14.9 Å². The van der Waals surface area contributed by atoms with E-state index >= 15 is 0 Å². The van der Waals surface area contributed by atoms with E-state index in [1.54, 1.807) is 17.0 Å². The van der Waals surface area contributed by atoms with Gasteiger partial charge in [0, 0.05) is 41.9 Å². The summed E-state index contributed by atoms with van der Waals surface area (Å²) in [5.74, 6) is -1.76. The summed E-state index contributed by atoms with van der Waals surface area (Å²) in [4.78, 5) is 34.3. The maximum absolute atomic E-state index is 14.2. The van der Waals surface area contributed by atoms with Crippen molar-refractivity contribution in [1.29, 1.82) is 0 Å². The van der Waals surface area contributed by atoms with E-state index in [4.69, 9.17) is 16.3 Å². The number of hydrogen-bond acceptors (Lipinski definition) is 5. The van der Waals surface area contributed by atoms with Gasteiger partial charge >= 0.3 is 5.97 Å². The van der Waals surface area contributed by atoms with E-state index in [9.17, 15) is 24.2 Å². The molecule has 0 radical (unpaired) electrons. The molecule has 37 heavy (non-hydrogen) atoms. The zero-order chi connectivity index (χ0) is 26.7. The zero-order valence-corrected chi connectivity index (χ0v) is 20.8. The Hall–Kier alpha value is -3.95. The number of fused-ring (bicyclic) bond motifs is 1. The summed E-state index contributed by atoms with van der Waals surface area (Å²) in [5, 5.41) is 19.7. The lowest BCUT2D eigenvalue weighted by Crippen LogP contribution is -2.40. The number of piperidine rings is 1. The van der Waals surface area contributed by atoms with Gasteiger partial charge in [0.25, 0.3) is 5.91 Å². The van der Waals surface area contributed by atoms with Crippen LogP contribution in [0.4, 0.5) is 4.39 Å². The highest BCUT2D eigenvalue weighted by molar-refractivity contribution is 6.25. The first-order valence-electron chi connectivity index (χ1n) is 11.5. The van der Waals surface area contributed by atoms with Gasteiger partial charge in [-0.15, -0.1) is 0 Å². The van der Waals surface area contributed by atoms with Crippen LogP contribution in [0.15, 0.2) is 54.6 Å². The minimum Gasteiger partial charge on any atom is -0.494 e. The number of ether oxygens (including phenoxy) is 1. The number of methoxy groups -OCH3 is 1. The summed E-state index contributed by atoms with van der Waals surface area (Å²) in [6, 6.07) is 7.11. The van der Waals surface area contributed by atoms with Gasteiger partial charge in [-0.25, -0.2) is 14.2 Å². The average Bonchev–Trinajstić information content (AvgIpc) is 3.30. The Morgan fingerprint density at radius 3 is 2.62 bits per heavy atom. The van der Waals surface area contributed by atoms with Gasteiger partial charge in [-0.05, 0) is 42.2 Å². The second kappa shape index (κ2) is 11.0. The Morgan fingerprint density at radius 2 is 1.97 bits per heavy atom. The van der Waals surface area contributed by atoms with Gasteiger partial charge in [-0.1, -0.05) is 30.3 Å². The topological polar surface area (TPSA) is 116 Å². The molecule has 3 aromatic rings. The number of nitrogens with zero attached hydrogens (tertiary/aromatic N) is 2. The molecule has 1 fully saturated rings. The Morgan fingerprint density at radius 1 is 1.24 bits per heavy atom. The lowest BCUT2D eigenvalue weighted by molar-refractivity contribution is 0.0546. The number of aromatic carboxylic acids is 1. The van der Waals surface area contributed by atoms with Crippen molar-refractivity contribution in [2.24, 2.45) is 0 Å². The smallest absolute Gasteiger partial charge is 0.336 e. The van der Waals surface area contributed by atoms with Crippen molar-refractivity contribution < 1.29 is 28.9 Å². The largest absolute Gasteiger partial charge is 0.494 e. The number of carbonyl (C=O) groups excluding carboxylic acids is 1. The molecule has 0 unspecified atom stereocenters. The number of aliphatic hydroxyl groups is 1. The van der Waals surface area contributed by atoms with Gasteiger partial charge in [-0.2, -0.15) is 0 Å². The number of benzene rings is 2. The van der Waals surface area contributed by atoms with Gasteiger partial charge in [-0.3, -0.25) is 4.79 Å². The highest BCUT2D eigenvalue weighted by Gasteiger charge is 2.25. The molecule has 10 heteroatoms. The molecule has 4 rings (SSSR count). The van der Waals surface area contributed by atoms with Gasteiger partial charge in [0.15, 0.2) is 11.6 Å². The van der Waals surface area contributed by atoms with Crippen molar-refractivity contribution in [3.05, 3.63) is 82.9 Å². The summed E-state index contributed by atoms with van der Waals surface area (Å²) in [6.45, 7) is 4.89. The minimum atomic E-state index is -1.23. The molecule has 8 nitrogen and oxygen atoms in total. The number of nitrogens with one attached hydrogen (secondary N) is 1. The quantitative estimate of drug-likeness (QED) is 0.380. The van der Waals surface area contributed by atoms with Gasteiger partial charge < -0.3 is 24.8 Å². The molecule has 0 saturated carbocycles. The molecule has 192 valence electrons. The highest BCUT2D eigenvalue weighted by atomic mass is 35.5. The third-order valence-corrected chi connectivity index (χ3v) is 6.39. The Labute approximate surface area is 217 Å². The third kappa shape index (κ3) is 5.42. The van der Waals surface area contributed by atoms with Gasteiger partial charge in [0.1, 0.15) is 5.82 Å². The third-order valence-electron chi connectivity index (χ3n) is 6.25. The first-order valence-corrected chi connectivity index (χ1v) is 11.9. The number of aliphatic hydroxyl groups excluding tert-OH is 1.